The minimum absolute atomic E-state index is 0.0171. The average molecular weight is 421 g/mol. The van der Waals surface area contributed by atoms with E-state index in [0.29, 0.717) is 35.4 Å². The number of hydrogen-bond acceptors (Lipinski definition) is 5. The Hall–Kier alpha value is -3.28. The molecule has 160 valence electrons. The maximum Gasteiger partial charge on any atom is 0.315 e. The third-order valence-electron chi connectivity index (χ3n) is 6.14. The Bertz CT molecular complexity index is 1090. The van der Waals surface area contributed by atoms with Crippen LogP contribution in [0.1, 0.15) is 42.7 Å². The molecule has 2 aromatic rings. The number of hydrogen-bond donors (Lipinski definition) is 0. The van der Waals surface area contributed by atoms with Gasteiger partial charge >= 0.3 is 5.97 Å². The number of nitrogens with zero attached hydrogens (tertiary/aromatic N) is 1. The van der Waals surface area contributed by atoms with Gasteiger partial charge in [-0.05, 0) is 54.7 Å². The molecule has 0 aromatic heterocycles. The van der Waals surface area contributed by atoms with E-state index >= 15 is 0 Å². The predicted molar refractivity (Wildman–Crippen MR) is 115 cm³/mol. The number of Topliss-reactive ketones (excluding diaryl/α,β-unsaturated/α-hetero) is 1. The molecule has 0 radical (unpaired) electrons. The number of benzene rings is 2. The maximum atomic E-state index is 14.0. The van der Waals surface area contributed by atoms with Crippen molar-refractivity contribution >= 4 is 17.5 Å². The van der Waals surface area contributed by atoms with E-state index in [1.165, 1.54) is 19.2 Å². The van der Waals surface area contributed by atoms with Gasteiger partial charge in [0.25, 0.3) is 0 Å². The molecule has 1 aliphatic carbocycles. The molecular formula is C25H24FNO4. The molecule has 0 spiro atoms. The highest BCUT2D eigenvalue weighted by Gasteiger charge is 2.44. The summed E-state index contributed by atoms with van der Waals surface area (Å²) in [4.78, 5) is 30.7. The zero-order chi connectivity index (χ0) is 22.1. The van der Waals surface area contributed by atoms with Gasteiger partial charge in [0.05, 0.1) is 14.2 Å². The minimum Gasteiger partial charge on any atom is -0.497 e. The van der Waals surface area contributed by atoms with Crippen molar-refractivity contribution in [2.24, 2.45) is 10.9 Å². The zero-order valence-electron chi connectivity index (χ0n) is 17.7. The van der Waals surface area contributed by atoms with Crippen LogP contribution < -0.4 is 4.74 Å². The summed E-state index contributed by atoms with van der Waals surface area (Å²) in [5, 5.41) is 0. The molecule has 31 heavy (non-hydrogen) atoms. The second-order valence-corrected chi connectivity index (χ2v) is 7.95. The second kappa shape index (κ2) is 8.46. The quantitative estimate of drug-likeness (QED) is 0.678. The van der Waals surface area contributed by atoms with Crippen molar-refractivity contribution in [2.45, 2.75) is 31.6 Å². The van der Waals surface area contributed by atoms with E-state index in [9.17, 15) is 14.0 Å². The van der Waals surface area contributed by atoms with Crippen LogP contribution in [0.15, 0.2) is 64.8 Å². The number of halogens is 1. The van der Waals surface area contributed by atoms with Crippen LogP contribution in [-0.2, 0) is 14.3 Å². The van der Waals surface area contributed by atoms with E-state index in [0.717, 1.165) is 11.3 Å². The molecule has 0 saturated carbocycles. The summed E-state index contributed by atoms with van der Waals surface area (Å²) in [5.74, 6) is -1.59. The van der Waals surface area contributed by atoms with Crippen LogP contribution in [0.4, 0.5) is 4.39 Å². The van der Waals surface area contributed by atoms with Crippen LogP contribution in [0.5, 0.6) is 5.75 Å². The molecule has 1 heterocycles. The first-order valence-electron chi connectivity index (χ1n) is 10.2. The molecule has 6 heteroatoms. The lowest BCUT2D eigenvalue weighted by molar-refractivity contribution is -0.143. The fraction of sp³-hybridized carbons (Fsp3) is 0.320. The number of ether oxygens (including phenoxy) is 2. The minimum atomic E-state index is -0.757. The lowest BCUT2D eigenvalue weighted by Crippen LogP contribution is -2.37. The number of ketones is 1. The predicted octanol–water partition coefficient (Wildman–Crippen LogP) is 4.58. The van der Waals surface area contributed by atoms with Crippen LogP contribution in [0.2, 0.25) is 0 Å². The Balaban J connectivity index is 1.78. The number of allylic oxidation sites excluding steroid dienone is 2. The summed E-state index contributed by atoms with van der Waals surface area (Å²) in [7, 11) is 2.92. The molecule has 0 saturated heterocycles. The third-order valence-corrected chi connectivity index (χ3v) is 6.14. The van der Waals surface area contributed by atoms with Crippen LogP contribution >= 0.6 is 0 Å². The number of esters is 1. The van der Waals surface area contributed by atoms with Crippen molar-refractivity contribution in [3.8, 4) is 5.75 Å². The highest BCUT2D eigenvalue weighted by Crippen LogP contribution is 2.46. The summed E-state index contributed by atoms with van der Waals surface area (Å²) in [6.07, 6.45) is 0.879. The Morgan fingerprint density at radius 3 is 2.45 bits per heavy atom. The van der Waals surface area contributed by atoms with Crippen molar-refractivity contribution in [3.05, 3.63) is 76.7 Å². The smallest absolute Gasteiger partial charge is 0.315 e. The Labute approximate surface area is 180 Å². The van der Waals surface area contributed by atoms with Crippen LogP contribution in [0.25, 0.3) is 0 Å². The van der Waals surface area contributed by atoms with Crippen molar-refractivity contribution < 1.29 is 23.5 Å². The van der Waals surface area contributed by atoms with Gasteiger partial charge in [0.2, 0.25) is 0 Å². The fourth-order valence-electron chi connectivity index (χ4n) is 4.66. The lowest BCUT2D eigenvalue weighted by atomic mass is 9.69. The monoisotopic (exact) mass is 421 g/mol. The van der Waals surface area contributed by atoms with Gasteiger partial charge in [-0.1, -0.05) is 24.3 Å². The third kappa shape index (κ3) is 3.90. The molecule has 2 aliphatic rings. The maximum absolute atomic E-state index is 14.0. The Morgan fingerprint density at radius 2 is 1.81 bits per heavy atom. The molecule has 0 bridgehead atoms. The number of carbonyl (C=O) groups is 2. The van der Waals surface area contributed by atoms with Gasteiger partial charge in [0.1, 0.15) is 17.5 Å². The average Bonchev–Trinajstić information content (AvgIpc) is 2.77. The van der Waals surface area contributed by atoms with Gasteiger partial charge in [0, 0.05) is 29.3 Å². The summed E-state index contributed by atoms with van der Waals surface area (Å²) in [5.41, 5.74) is 3.35. The lowest BCUT2D eigenvalue weighted by Gasteiger charge is -2.36. The first-order chi connectivity index (χ1) is 14.9. The summed E-state index contributed by atoms with van der Waals surface area (Å²) >= 11 is 0. The van der Waals surface area contributed by atoms with Gasteiger partial charge in [0.15, 0.2) is 5.78 Å². The highest BCUT2D eigenvalue weighted by atomic mass is 19.1. The fourth-order valence-corrected chi connectivity index (χ4v) is 4.66. The molecule has 2 aromatic carbocycles. The summed E-state index contributed by atoms with van der Waals surface area (Å²) in [6, 6.07) is 13.7. The summed E-state index contributed by atoms with van der Waals surface area (Å²) < 4.78 is 24.3. The van der Waals surface area contributed by atoms with Gasteiger partial charge in [-0.3, -0.25) is 14.6 Å². The largest absolute Gasteiger partial charge is 0.497 e. The van der Waals surface area contributed by atoms with E-state index in [-0.39, 0.29) is 11.7 Å². The molecule has 0 amide bonds. The van der Waals surface area contributed by atoms with Gasteiger partial charge in [-0.25, -0.2) is 4.39 Å². The standard InChI is InChI=1S/C25H24FNO4/c1-14-22(25(29)31-3)23(16-5-4-6-18(26)11-16)24-20(27-14)12-17(13-21(24)28)15-7-9-19(30-2)10-8-15/h4-11,17,22-23H,12-13H2,1-3H3/t17-,22?,23+/m1/s1. The topological polar surface area (TPSA) is 65.0 Å². The van der Waals surface area contributed by atoms with E-state index in [1.807, 2.05) is 24.3 Å². The first-order valence-corrected chi connectivity index (χ1v) is 10.2. The second-order valence-electron chi connectivity index (χ2n) is 7.95. The van der Waals surface area contributed by atoms with E-state index in [2.05, 4.69) is 4.99 Å². The molecule has 1 aliphatic heterocycles. The molecule has 5 nitrogen and oxygen atoms in total. The van der Waals surface area contributed by atoms with Gasteiger partial charge < -0.3 is 9.47 Å². The molecular weight excluding hydrogens is 397 g/mol. The van der Waals surface area contributed by atoms with Crippen LogP contribution in [0.3, 0.4) is 0 Å². The van der Waals surface area contributed by atoms with Crippen molar-refractivity contribution in [1.29, 1.82) is 0 Å². The van der Waals surface area contributed by atoms with Gasteiger partial charge in [-0.15, -0.1) is 0 Å². The highest BCUT2D eigenvalue weighted by molar-refractivity contribution is 6.09. The number of aliphatic imine (C=N–C) groups is 1. The zero-order valence-corrected chi connectivity index (χ0v) is 17.7. The van der Waals surface area contributed by atoms with Gasteiger partial charge in [-0.2, -0.15) is 0 Å². The normalized spacial score (nSPS) is 23.2. The van der Waals surface area contributed by atoms with Crippen molar-refractivity contribution in [2.75, 3.05) is 14.2 Å². The van der Waals surface area contributed by atoms with E-state index < -0.39 is 23.6 Å². The van der Waals surface area contributed by atoms with Crippen molar-refractivity contribution in [1.82, 2.24) is 0 Å². The molecule has 0 N–H and O–H groups in total. The molecule has 4 rings (SSSR count). The Morgan fingerprint density at radius 1 is 1.06 bits per heavy atom. The number of methoxy groups -OCH3 is 2. The van der Waals surface area contributed by atoms with Crippen LogP contribution in [0, 0.1) is 11.7 Å². The van der Waals surface area contributed by atoms with E-state index in [4.69, 9.17) is 9.47 Å². The summed E-state index contributed by atoms with van der Waals surface area (Å²) in [6.45, 7) is 1.76. The van der Waals surface area contributed by atoms with Crippen molar-refractivity contribution in [3.63, 3.8) is 0 Å². The SMILES string of the molecule is COC(=O)C1C(C)=NC2=C(C(=O)C[C@H](c3ccc(OC)cc3)C2)[C@H]1c1cccc(F)c1. The van der Waals surface area contributed by atoms with Crippen LogP contribution in [-0.4, -0.2) is 31.7 Å². The number of carbonyl (C=O) groups excluding carboxylic acids is 2. The van der Waals surface area contributed by atoms with E-state index in [1.54, 1.807) is 26.2 Å². The molecule has 1 unspecified atom stereocenters. The first kappa shape index (κ1) is 21.0. The molecule has 0 fully saturated rings. The Kier molecular flexibility index (Phi) is 5.72. The number of rotatable bonds is 4. The molecule has 3 atom stereocenters.